The zero-order valence-electron chi connectivity index (χ0n) is 10.1. The van der Waals surface area contributed by atoms with Gasteiger partial charge in [0.05, 0.1) is 6.07 Å². The average Bonchev–Trinajstić information content (AvgIpc) is 2.36. The zero-order chi connectivity index (χ0) is 13.5. The Morgan fingerprint density at radius 3 is 2.67 bits per heavy atom. The highest BCUT2D eigenvalue weighted by atomic mass is 16.5. The molecule has 0 aliphatic heterocycles. The van der Waals surface area contributed by atoms with E-state index in [4.69, 9.17) is 10.00 Å². The molecule has 0 bridgehead atoms. The number of nitriles is 1. The van der Waals surface area contributed by atoms with Crippen LogP contribution in [-0.2, 0) is 4.79 Å². The van der Waals surface area contributed by atoms with Crippen molar-refractivity contribution in [2.24, 2.45) is 0 Å². The Morgan fingerprint density at radius 2 is 2.11 bits per heavy atom. The first-order valence-corrected chi connectivity index (χ1v) is 5.25. The molecule has 0 amide bonds. The van der Waals surface area contributed by atoms with Gasteiger partial charge < -0.3 is 4.74 Å². The summed E-state index contributed by atoms with van der Waals surface area (Å²) >= 11 is 0. The van der Waals surface area contributed by atoms with Crippen molar-refractivity contribution in [3.05, 3.63) is 60.2 Å². The standard InChI is InChI=1S/C15H13NO2/c1-11(9-16)4-5-12(2)15-7-6-14(18-10-17)8-13(15)3/h4-8,10H,1-2H2,3H3/b5-4-. The van der Waals surface area contributed by atoms with Gasteiger partial charge in [-0.15, -0.1) is 0 Å². The summed E-state index contributed by atoms with van der Waals surface area (Å²) in [5.74, 6) is 0.490. The third kappa shape index (κ3) is 3.46. The molecule has 0 atom stereocenters. The monoisotopic (exact) mass is 239 g/mol. The minimum absolute atomic E-state index is 0.370. The molecule has 1 rings (SSSR count). The smallest absolute Gasteiger partial charge is 0.298 e. The van der Waals surface area contributed by atoms with Crippen LogP contribution in [0.5, 0.6) is 5.75 Å². The van der Waals surface area contributed by atoms with E-state index in [2.05, 4.69) is 13.2 Å². The fourth-order valence-electron chi connectivity index (χ4n) is 1.45. The molecule has 0 heterocycles. The molecule has 18 heavy (non-hydrogen) atoms. The SMILES string of the molecule is C=C(C#N)/C=C\C(=C)c1ccc(OC=O)cc1C. The van der Waals surface area contributed by atoms with E-state index in [1.54, 1.807) is 24.3 Å². The van der Waals surface area contributed by atoms with Gasteiger partial charge in [0.2, 0.25) is 0 Å². The Hall–Kier alpha value is -2.60. The van der Waals surface area contributed by atoms with Crippen LogP contribution in [0.3, 0.4) is 0 Å². The van der Waals surface area contributed by atoms with Crippen molar-refractivity contribution in [1.29, 1.82) is 5.26 Å². The second kappa shape index (κ2) is 6.21. The molecule has 3 nitrogen and oxygen atoms in total. The van der Waals surface area contributed by atoms with Crippen LogP contribution in [0.2, 0.25) is 0 Å². The number of benzene rings is 1. The molecular weight excluding hydrogens is 226 g/mol. The molecule has 0 unspecified atom stereocenters. The van der Waals surface area contributed by atoms with Crippen molar-refractivity contribution in [1.82, 2.24) is 0 Å². The van der Waals surface area contributed by atoms with Crippen molar-refractivity contribution in [3.63, 3.8) is 0 Å². The van der Waals surface area contributed by atoms with Gasteiger partial charge in [-0.05, 0) is 41.8 Å². The molecule has 0 radical (unpaired) electrons. The number of nitrogens with zero attached hydrogens (tertiary/aromatic N) is 1. The van der Waals surface area contributed by atoms with Crippen molar-refractivity contribution in [2.75, 3.05) is 0 Å². The van der Waals surface area contributed by atoms with Gasteiger partial charge in [0, 0.05) is 5.57 Å². The largest absolute Gasteiger partial charge is 0.429 e. The molecule has 1 aromatic carbocycles. The maximum Gasteiger partial charge on any atom is 0.298 e. The predicted octanol–water partition coefficient (Wildman–Crippen LogP) is 3.18. The summed E-state index contributed by atoms with van der Waals surface area (Å²) < 4.78 is 4.75. The fourth-order valence-corrected chi connectivity index (χ4v) is 1.45. The maximum absolute atomic E-state index is 10.2. The van der Waals surface area contributed by atoms with Crippen LogP contribution in [0.25, 0.3) is 5.57 Å². The fraction of sp³-hybridized carbons (Fsp3) is 0.0667. The molecule has 0 N–H and O–H groups in total. The summed E-state index contributed by atoms with van der Waals surface area (Å²) in [6.07, 6.45) is 3.34. The first-order valence-electron chi connectivity index (χ1n) is 5.25. The molecular formula is C15H13NO2. The average molecular weight is 239 g/mol. The third-order valence-corrected chi connectivity index (χ3v) is 2.36. The molecule has 90 valence electrons. The molecule has 0 saturated carbocycles. The lowest BCUT2D eigenvalue weighted by molar-refractivity contribution is -0.120. The van der Waals surface area contributed by atoms with Crippen LogP contribution in [-0.4, -0.2) is 6.47 Å². The minimum Gasteiger partial charge on any atom is -0.429 e. The summed E-state index contributed by atoms with van der Waals surface area (Å²) in [5.41, 5.74) is 3.00. The highest BCUT2D eigenvalue weighted by molar-refractivity contribution is 5.75. The maximum atomic E-state index is 10.2. The zero-order valence-corrected chi connectivity index (χ0v) is 10.1. The van der Waals surface area contributed by atoms with E-state index in [-0.39, 0.29) is 0 Å². The van der Waals surface area contributed by atoms with Crippen molar-refractivity contribution in [3.8, 4) is 11.8 Å². The normalized spacial score (nSPS) is 9.78. The van der Waals surface area contributed by atoms with E-state index >= 15 is 0 Å². The number of aryl methyl sites for hydroxylation is 1. The van der Waals surface area contributed by atoms with E-state index in [1.807, 2.05) is 19.1 Å². The number of ether oxygens (including phenoxy) is 1. The van der Waals surface area contributed by atoms with Crippen LogP contribution < -0.4 is 4.74 Å². The van der Waals surface area contributed by atoms with E-state index in [1.165, 1.54) is 0 Å². The van der Waals surface area contributed by atoms with E-state index in [0.29, 0.717) is 17.8 Å². The summed E-state index contributed by atoms with van der Waals surface area (Å²) in [7, 11) is 0. The number of rotatable bonds is 5. The number of hydrogen-bond acceptors (Lipinski definition) is 3. The first kappa shape index (κ1) is 13.5. The van der Waals surface area contributed by atoms with Gasteiger partial charge in [0.25, 0.3) is 6.47 Å². The van der Waals surface area contributed by atoms with E-state index in [0.717, 1.165) is 16.7 Å². The molecule has 0 aliphatic rings. The summed E-state index contributed by atoms with van der Waals surface area (Å²) in [6, 6.07) is 7.19. The van der Waals surface area contributed by atoms with Gasteiger partial charge in [-0.2, -0.15) is 5.26 Å². The lowest BCUT2D eigenvalue weighted by atomic mass is 10.0. The number of carbonyl (C=O) groups is 1. The third-order valence-electron chi connectivity index (χ3n) is 2.36. The molecule has 3 heteroatoms. The molecule has 1 aromatic rings. The Kier molecular flexibility index (Phi) is 4.65. The van der Waals surface area contributed by atoms with Gasteiger partial charge >= 0.3 is 0 Å². The summed E-state index contributed by atoms with van der Waals surface area (Å²) in [4.78, 5) is 10.2. The second-order valence-electron chi connectivity index (χ2n) is 3.69. The lowest BCUT2D eigenvalue weighted by Crippen LogP contribution is -1.91. The Morgan fingerprint density at radius 1 is 1.39 bits per heavy atom. The van der Waals surface area contributed by atoms with Crippen LogP contribution in [0, 0.1) is 18.3 Å². The minimum atomic E-state index is 0.370. The van der Waals surface area contributed by atoms with E-state index < -0.39 is 0 Å². The van der Waals surface area contributed by atoms with Crippen LogP contribution in [0.4, 0.5) is 0 Å². The Bertz CT molecular complexity index is 562. The molecule has 0 aliphatic carbocycles. The topological polar surface area (TPSA) is 50.1 Å². The summed E-state index contributed by atoms with van der Waals surface area (Å²) in [6.45, 7) is 9.75. The molecule has 0 fully saturated rings. The highest BCUT2D eigenvalue weighted by Gasteiger charge is 2.02. The Balaban J connectivity index is 2.94. The van der Waals surface area contributed by atoms with Crippen LogP contribution >= 0.6 is 0 Å². The van der Waals surface area contributed by atoms with E-state index in [9.17, 15) is 4.79 Å². The molecule has 0 saturated heterocycles. The number of allylic oxidation sites excluding steroid dienone is 4. The van der Waals surface area contributed by atoms with Gasteiger partial charge in [0.15, 0.2) is 0 Å². The van der Waals surface area contributed by atoms with Gasteiger partial charge in [-0.1, -0.05) is 25.3 Å². The van der Waals surface area contributed by atoms with Gasteiger partial charge in [-0.25, -0.2) is 0 Å². The van der Waals surface area contributed by atoms with Gasteiger partial charge in [-0.3, -0.25) is 4.79 Å². The number of hydrogen-bond donors (Lipinski definition) is 0. The molecule has 0 spiro atoms. The predicted molar refractivity (Wildman–Crippen MR) is 70.8 cm³/mol. The lowest BCUT2D eigenvalue weighted by Gasteiger charge is -2.07. The Labute approximate surface area is 106 Å². The quantitative estimate of drug-likeness (QED) is 0.450. The van der Waals surface area contributed by atoms with Crippen LogP contribution in [0.1, 0.15) is 11.1 Å². The summed E-state index contributed by atoms with van der Waals surface area (Å²) in [5, 5.41) is 8.59. The first-order chi connectivity index (χ1) is 8.58. The van der Waals surface area contributed by atoms with Gasteiger partial charge in [0.1, 0.15) is 5.75 Å². The van der Waals surface area contributed by atoms with Crippen molar-refractivity contribution in [2.45, 2.75) is 6.92 Å². The van der Waals surface area contributed by atoms with Crippen LogP contribution in [0.15, 0.2) is 49.1 Å². The number of carbonyl (C=O) groups excluding carboxylic acids is 1. The van der Waals surface area contributed by atoms with Crippen molar-refractivity contribution >= 4 is 12.0 Å². The van der Waals surface area contributed by atoms with Crippen molar-refractivity contribution < 1.29 is 9.53 Å². The highest BCUT2D eigenvalue weighted by Crippen LogP contribution is 2.23. The second-order valence-corrected chi connectivity index (χ2v) is 3.69. The molecule has 0 aromatic heterocycles.